The maximum Gasteiger partial charge on any atom is 0.287 e. The molecule has 25 heavy (non-hydrogen) atoms. The summed E-state index contributed by atoms with van der Waals surface area (Å²) in [4.78, 5) is 27.0. The quantitative estimate of drug-likeness (QED) is 0.707. The van der Waals surface area contributed by atoms with Gasteiger partial charge in [-0.05, 0) is 50.8 Å². The van der Waals surface area contributed by atoms with Crippen molar-refractivity contribution >= 4 is 11.8 Å². The van der Waals surface area contributed by atoms with Crippen molar-refractivity contribution in [1.82, 2.24) is 15.5 Å². The van der Waals surface area contributed by atoms with Crippen molar-refractivity contribution in [2.45, 2.75) is 58.5 Å². The van der Waals surface area contributed by atoms with Crippen molar-refractivity contribution in [1.29, 1.82) is 0 Å². The zero-order valence-electron chi connectivity index (χ0n) is 15.6. The van der Waals surface area contributed by atoms with Crippen LogP contribution in [0.1, 0.15) is 57.0 Å². The van der Waals surface area contributed by atoms with Gasteiger partial charge in [0.2, 0.25) is 5.91 Å². The summed E-state index contributed by atoms with van der Waals surface area (Å²) < 4.78 is 5.08. The number of furan rings is 1. The molecule has 6 heteroatoms. The lowest BCUT2D eigenvalue weighted by Gasteiger charge is -2.33. The molecule has 0 spiro atoms. The SMILES string of the molecule is CC(C)C(NC(=O)c1ccco1)C(=O)NCCCN1CCCCC1C. The molecule has 1 aliphatic rings. The third kappa shape index (κ3) is 5.88. The second-order valence-electron chi connectivity index (χ2n) is 7.20. The van der Waals surface area contributed by atoms with E-state index in [4.69, 9.17) is 4.42 Å². The molecule has 2 atom stereocenters. The van der Waals surface area contributed by atoms with Gasteiger partial charge >= 0.3 is 0 Å². The standard InChI is InChI=1S/C19H31N3O3/c1-14(2)17(21-18(23)16-9-6-13-25-16)19(24)20-10-7-12-22-11-5-4-8-15(22)3/h6,9,13-15,17H,4-5,7-8,10-12H2,1-3H3,(H,20,24)(H,21,23). The molecule has 0 saturated carbocycles. The second-order valence-corrected chi connectivity index (χ2v) is 7.20. The van der Waals surface area contributed by atoms with Gasteiger partial charge in [-0.2, -0.15) is 0 Å². The lowest BCUT2D eigenvalue weighted by molar-refractivity contribution is -0.123. The minimum absolute atomic E-state index is 0.000953. The summed E-state index contributed by atoms with van der Waals surface area (Å²) in [6, 6.07) is 3.32. The molecule has 0 aliphatic carbocycles. The van der Waals surface area contributed by atoms with Crippen LogP contribution in [0.4, 0.5) is 0 Å². The van der Waals surface area contributed by atoms with E-state index in [1.807, 2.05) is 13.8 Å². The second kappa shape index (κ2) is 9.61. The van der Waals surface area contributed by atoms with E-state index in [2.05, 4.69) is 22.5 Å². The number of amides is 2. The Morgan fingerprint density at radius 3 is 2.80 bits per heavy atom. The molecule has 2 N–H and O–H groups in total. The Morgan fingerprint density at radius 2 is 2.16 bits per heavy atom. The summed E-state index contributed by atoms with van der Waals surface area (Å²) in [5.41, 5.74) is 0. The Balaban J connectivity index is 1.75. The molecule has 6 nitrogen and oxygen atoms in total. The Hall–Kier alpha value is -1.82. The molecule has 1 aromatic heterocycles. The minimum Gasteiger partial charge on any atom is -0.459 e. The molecule has 2 rings (SSSR count). The van der Waals surface area contributed by atoms with Crippen LogP contribution < -0.4 is 10.6 Å². The molecule has 2 amide bonds. The average molecular weight is 349 g/mol. The Kier molecular flexibility index (Phi) is 7.50. The minimum atomic E-state index is -0.563. The van der Waals surface area contributed by atoms with Crippen LogP contribution in [0.15, 0.2) is 22.8 Å². The number of hydrogen-bond acceptors (Lipinski definition) is 4. The first-order valence-electron chi connectivity index (χ1n) is 9.35. The predicted molar refractivity (Wildman–Crippen MR) is 97.3 cm³/mol. The van der Waals surface area contributed by atoms with Crippen molar-refractivity contribution in [2.75, 3.05) is 19.6 Å². The van der Waals surface area contributed by atoms with Crippen LogP contribution in [0, 0.1) is 5.92 Å². The van der Waals surface area contributed by atoms with Crippen molar-refractivity contribution < 1.29 is 14.0 Å². The van der Waals surface area contributed by atoms with Crippen LogP contribution in [0.2, 0.25) is 0 Å². The van der Waals surface area contributed by atoms with Gasteiger partial charge in [0.05, 0.1) is 6.26 Å². The normalized spacial score (nSPS) is 19.6. The summed E-state index contributed by atoms with van der Waals surface area (Å²) in [7, 11) is 0. The molecule has 1 saturated heterocycles. The van der Waals surface area contributed by atoms with Crippen molar-refractivity contribution in [3.05, 3.63) is 24.2 Å². The Morgan fingerprint density at radius 1 is 1.36 bits per heavy atom. The maximum absolute atomic E-state index is 12.4. The Labute approximate surface area is 150 Å². The van der Waals surface area contributed by atoms with Crippen LogP contribution in [0.25, 0.3) is 0 Å². The largest absolute Gasteiger partial charge is 0.459 e. The molecule has 140 valence electrons. The monoisotopic (exact) mass is 349 g/mol. The van der Waals surface area contributed by atoms with Crippen LogP contribution in [0.5, 0.6) is 0 Å². The van der Waals surface area contributed by atoms with Gasteiger partial charge in [-0.25, -0.2) is 0 Å². The highest BCUT2D eigenvalue weighted by Gasteiger charge is 2.25. The molecule has 0 aromatic carbocycles. The van der Waals surface area contributed by atoms with Gasteiger partial charge in [-0.1, -0.05) is 20.3 Å². The van der Waals surface area contributed by atoms with E-state index < -0.39 is 6.04 Å². The highest BCUT2D eigenvalue weighted by atomic mass is 16.3. The number of carbonyl (C=O) groups excluding carboxylic acids is 2. The molecule has 1 fully saturated rings. The summed E-state index contributed by atoms with van der Waals surface area (Å²) >= 11 is 0. The summed E-state index contributed by atoms with van der Waals surface area (Å²) in [6.07, 6.45) is 6.22. The zero-order valence-corrected chi connectivity index (χ0v) is 15.6. The first-order chi connectivity index (χ1) is 12.0. The van der Waals surface area contributed by atoms with Crippen LogP contribution in [0.3, 0.4) is 0 Å². The number of piperidine rings is 1. The summed E-state index contributed by atoms with van der Waals surface area (Å²) in [5, 5.41) is 5.72. The molecular formula is C19H31N3O3. The number of nitrogens with one attached hydrogen (secondary N) is 2. The maximum atomic E-state index is 12.4. The van der Waals surface area contributed by atoms with Crippen LogP contribution in [-0.4, -0.2) is 48.4 Å². The average Bonchev–Trinajstić information content (AvgIpc) is 3.12. The third-order valence-electron chi connectivity index (χ3n) is 4.84. The van der Waals surface area contributed by atoms with Gasteiger partial charge < -0.3 is 20.0 Å². The molecule has 0 bridgehead atoms. The van der Waals surface area contributed by atoms with Gasteiger partial charge in [-0.3, -0.25) is 9.59 Å². The summed E-state index contributed by atoms with van der Waals surface area (Å²) in [5.74, 6) is -0.277. The Bertz CT molecular complexity index is 542. The van der Waals surface area contributed by atoms with E-state index >= 15 is 0 Å². The van der Waals surface area contributed by atoms with Crippen molar-refractivity contribution in [3.8, 4) is 0 Å². The van der Waals surface area contributed by atoms with E-state index in [-0.39, 0.29) is 23.5 Å². The number of rotatable bonds is 8. The third-order valence-corrected chi connectivity index (χ3v) is 4.84. The molecule has 1 aliphatic heterocycles. The molecule has 2 heterocycles. The van der Waals surface area contributed by atoms with E-state index in [9.17, 15) is 9.59 Å². The fourth-order valence-electron chi connectivity index (χ4n) is 3.25. The topological polar surface area (TPSA) is 74.6 Å². The fourth-order valence-corrected chi connectivity index (χ4v) is 3.25. The fraction of sp³-hybridized carbons (Fsp3) is 0.684. The molecule has 1 aromatic rings. The first-order valence-corrected chi connectivity index (χ1v) is 9.35. The van der Waals surface area contributed by atoms with Crippen molar-refractivity contribution in [3.63, 3.8) is 0 Å². The number of nitrogens with zero attached hydrogens (tertiary/aromatic N) is 1. The van der Waals surface area contributed by atoms with E-state index in [0.717, 1.165) is 19.5 Å². The zero-order chi connectivity index (χ0) is 18.2. The first kappa shape index (κ1) is 19.5. The van der Waals surface area contributed by atoms with Gasteiger partial charge in [0.15, 0.2) is 5.76 Å². The smallest absolute Gasteiger partial charge is 0.287 e. The number of hydrogen-bond donors (Lipinski definition) is 2. The van der Waals surface area contributed by atoms with Crippen molar-refractivity contribution in [2.24, 2.45) is 5.92 Å². The van der Waals surface area contributed by atoms with E-state index in [1.165, 1.54) is 25.5 Å². The highest BCUT2D eigenvalue weighted by Crippen LogP contribution is 2.16. The van der Waals surface area contributed by atoms with Gasteiger partial charge in [0.1, 0.15) is 6.04 Å². The molecule has 2 unspecified atom stereocenters. The van der Waals surface area contributed by atoms with Crippen LogP contribution >= 0.6 is 0 Å². The molecular weight excluding hydrogens is 318 g/mol. The van der Waals surface area contributed by atoms with Gasteiger partial charge in [-0.15, -0.1) is 0 Å². The van der Waals surface area contributed by atoms with Crippen LogP contribution in [-0.2, 0) is 4.79 Å². The van der Waals surface area contributed by atoms with Gasteiger partial charge in [0.25, 0.3) is 5.91 Å². The lowest BCUT2D eigenvalue weighted by atomic mass is 10.0. The molecule has 0 radical (unpaired) electrons. The number of carbonyl (C=O) groups is 2. The van der Waals surface area contributed by atoms with E-state index in [1.54, 1.807) is 12.1 Å². The summed E-state index contributed by atoms with van der Waals surface area (Å²) in [6.45, 7) is 8.90. The lowest BCUT2D eigenvalue weighted by Crippen LogP contribution is -2.50. The predicted octanol–water partition coefficient (Wildman–Crippen LogP) is 2.41. The highest BCUT2D eigenvalue weighted by molar-refractivity contribution is 5.95. The number of likely N-dealkylation sites (tertiary alicyclic amines) is 1. The van der Waals surface area contributed by atoms with E-state index in [0.29, 0.717) is 12.6 Å². The van der Waals surface area contributed by atoms with Gasteiger partial charge in [0, 0.05) is 19.1 Å².